The predicted octanol–water partition coefficient (Wildman–Crippen LogP) is 4.18. The highest BCUT2D eigenvalue weighted by Crippen LogP contribution is 2.31. The molecule has 0 saturated carbocycles. The molecule has 1 nitrogen and oxygen atoms in total. The lowest BCUT2D eigenvalue weighted by Crippen LogP contribution is -2.23. The monoisotopic (exact) mass is 254 g/mol. The number of benzene rings is 2. The van der Waals surface area contributed by atoms with Crippen molar-refractivity contribution in [2.45, 2.75) is 40.2 Å². The average Bonchev–Trinajstić information content (AvgIpc) is 2.26. The Morgan fingerprint density at radius 2 is 0.895 bits per heavy atom. The van der Waals surface area contributed by atoms with Crippen LogP contribution in [0.2, 0.25) is 0 Å². The lowest BCUT2D eigenvalue weighted by atomic mass is 9.85. The zero-order valence-electron chi connectivity index (χ0n) is 12.4. The van der Waals surface area contributed by atoms with Gasteiger partial charge in [0.05, 0.1) is 0 Å². The molecule has 0 aromatic heterocycles. The maximum absolute atomic E-state index is 11.0. The molecule has 2 rings (SSSR count). The Kier molecular flexibility index (Phi) is 3.51. The Morgan fingerprint density at radius 3 is 1.16 bits per heavy atom. The van der Waals surface area contributed by atoms with Crippen LogP contribution in [0.5, 0.6) is 0 Å². The quantitative estimate of drug-likeness (QED) is 0.852. The first-order valence-corrected chi connectivity index (χ1v) is 6.69. The molecule has 2 aromatic carbocycles. The van der Waals surface area contributed by atoms with Gasteiger partial charge in [0, 0.05) is 0 Å². The van der Waals surface area contributed by atoms with E-state index in [1.54, 1.807) is 0 Å². The fourth-order valence-electron chi connectivity index (χ4n) is 2.68. The summed E-state index contributed by atoms with van der Waals surface area (Å²) in [7, 11) is 0. The number of hydrogen-bond donors (Lipinski definition) is 1. The van der Waals surface area contributed by atoms with Crippen LogP contribution < -0.4 is 0 Å². The Labute approximate surface area is 115 Å². The van der Waals surface area contributed by atoms with Crippen LogP contribution in [0.3, 0.4) is 0 Å². The summed E-state index contributed by atoms with van der Waals surface area (Å²) in [4.78, 5) is 0. The van der Waals surface area contributed by atoms with Crippen molar-refractivity contribution in [1.29, 1.82) is 0 Å². The van der Waals surface area contributed by atoms with Gasteiger partial charge in [-0.25, -0.2) is 0 Å². The second kappa shape index (κ2) is 4.82. The number of aryl methyl sites for hydroxylation is 4. The molecular weight excluding hydrogens is 232 g/mol. The van der Waals surface area contributed by atoms with Crippen LogP contribution in [0, 0.1) is 27.7 Å². The highest BCUT2D eigenvalue weighted by Gasteiger charge is 2.26. The lowest BCUT2D eigenvalue weighted by Gasteiger charge is -2.26. The van der Waals surface area contributed by atoms with Crippen molar-refractivity contribution in [3.05, 3.63) is 69.8 Å². The van der Waals surface area contributed by atoms with Crippen molar-refractivity contribution < 1.29 is 5.11 Å². The zero-order valence-corrected chi connectivity index (χ0v) is 12.4. The van der Waals surface area contributed by atoms with E-state index in [4.69, 9.17) is 0 Å². The second-order valence-corrected chi connectivity index (χ2v) is 5.82. The molecule has 19 heavy (non-hydrogen) atoms. The average molecular weight is 254 g/mol. The Balaban J connectivity index is 2.57. The smallest absolute Gasteiger partial charge is 0.112 e. The Hall–Kier alpha value is -1.60. The van der Waals surface area contributed by atoms with Crippen molar-refractivity contribution in [3.63, 3.8) is 0 Å². The summed E-state index contributed by atoms with van der Waals surface area (Å²) in [6.45, 7) is 10.1. The largest absolute Gasteiger partial charge is 0.381 e. The molecule has 0 amide bonds. The minimum absolute atomic E-state index is 0.951. The first-order chi connectivity index (χ1) is 8.79. The molecule has 1 heteroatoms. The van der Waals surface area contributed by atoms with Gasteiger partial charge >= 0.3 is 0 Å². The third-order valence-electron chi connectivity index (χ3n) is 3.57. The molecule has 100 valence electrons. The van der Waals surface area contributed by atoms with E-state index >= 15 is 0 Å². The fourth-order valence-corrected chi connectivity index (χ4v) is 2.68. The summed E-state index contributed by atoms with van der Waals surface area (Å²) < 4.78 is 0. The third kappa shape index (κ3) is 2.87. The minimum Gasteiger partial charge on any atom is -0.381 e. The molecule has 0 atom stereocenters. The number of hydrogen-bond acceptors (Lipinski definition) is 1. The van der Waals surface area contributed by atoms with Gasteiger partial charge in [-0.2, -0.15) is 0 Å². The van der Waals surface area contributed by atoms with E-state index in [2.05, 4.69) is 64.1 Å². The Bertz CT molecular complexity index is 515. The molecule has 0 aliphatic carbocycles. The third-order valence-corrected chi connectivity index (χ3v) is 3.57. The van der Waals surface area contributed by atoms with Crippen LogP contribution in [0.4, 0.5) is 0 Å². The van der Waals surface area contributed by atoms with Gasteiger partial charge in [0.25, 0.3) is 0 Å². The van der Waals surface area contributed by atoms with Crippen molar-refractivity contribution in [1.82, 2.24) is 0 Å². The maximum atomic E-state index is 11.0. The SMILES string of the molecule is Cc1cc(C)cc(C(C)(O)c2cc(C)cc(C)c2)c1. The summed E-state index contributed by atoms with van der Waals surface area (Å²) >= 11 is 0. The van der Waals surface area contributed by atoms with Gasteiger partial charge < -0.3 is 5.11 Å². The lowest BCUT2D eigenvalue weighted by molar-refractivity contribution is 0.102. The molecule has 0 bridgehead atoms. The van der Waals surface area contributed by atoms with Crippen molar-refractivity contribution in [2.75, 3.05) is 0 Å². The van der Waals surface area contributed by atoms with Gasteiger partial charge in [-0.3, -0.25) is 0 Å². The Morgan fingerprint density at radius 1 is 0.632 bits per heavy atom. The van der Waals surface area contributed by atoms with Gasteiger partial charge in [-0.05, 0) is 45.7 Å². The van der Waals surface area contributed by atoms with Gasteiger partial charge in [-0.1, -0.05) is 58.7 Å². The summed E-state index contributed by atoms with van der Waals surface area (Å²) in [5, 5.41) is 11.0. The van der Waals surface area contributed by atoms with E-state index in [9.17, 15) is 5.11 Å². The van der Waals surface area contributed by atoms with E-state index in [-0.39, 0.29) is 0 Å². The first kappa shape index (κ1) is 13.8. The van der Waals surface area contributed by atoms with E-state index in [0.717, 1.165) is 11.1 Å². The van der Waals surface area contributed by atoms with Crippen molar-refractivity contribution in [3.8, 4) is 0 Å². The summed E-state index contributed by atoms with van der Waals surface area (Å²) in [6.07, 6.45) is 0. The van der Waals surface area contributed by atoms with E-state index in [1.165, 1.54) is 22.3 Å². The molecule has 0 unspecified atom stereocenters. The highest BCUT2D eigenvalue weighted by molar-refractivity contribution is 5.42. The summed E-state index contributed by atoms with van der Waals surface area (Å²) in [5.74, 6) is 0. The predicted molar refractivity (Wildman–Crippen MR) is 80.5 cm³/mol. The maximum Gasteiger partial charge on any atom is 0.112 e. The van der Waals surface area contributed by atoms with Crippen LogP contribution in [0.25, 0.3) is 0 Å². The fraction of sp³-hybridized carbons (Fsp3) is 0.333. The van der Waals surface area contributed by atoms with Crippen molar-refractivity contribution in [2.24, 2.45) is 0 Å². The van der Waals surface area contributed by atoms with Gasteiger partial charge in [0.2, 0.25) is 0 Å². The van der Waals surface area contributed by atoms with E-state index < -0.39 is 5.60 Å². The molecule has 2 aromatic rings. The van der Waals surface area contributed by atoms with Gasteiger partial charge in [0.1, 0.15) is 5.60 Å². The topological polar surface area (TPSA) is 20.2 Å². The number of rotatable bonds is 2. The molecule has 0 saturated heterocycles. The normalized spacial score (nSPS) is 11.7. The van der Waals surface area contributed by atoms with Crippen molar-refractivity contribution >= 4 is 0 Å². The second-order valence-electron chi connectivity index (χ2n) is 5.82. The molecule has 0 fully saturated rings. The van der Waals surface area contributed by atoms with Crippen LogP contribution >= 0.6 is 0 Å². The molecule has 0 spiro atoms. The summed E-state index contributed by atoms with van der Waals surface area (Å²) in [6, 6.07) is 12.5. The molecule has 0 aliphatic rings. The summed E-state index contributed by atoms with van der Waals surface area (Å²) in [5.41, 5.74) is 5.68. The van der Waals surface area contributed by atoms with Crippen LogP contribution in [0.1, 0.15) is 40.3 Å². The van der Waals surface area contributed by atoms with Gasteiger partial charge in [0.15, 0.2) is 0 Å². The van der Waals surface area contributed by atoms with E-state index in [1.807, 2.05) is 6.92 Å². The van der Waals surface area contributed by atoms with E-state index in [0.29, 0.717) is 0 Å². The van der Waals surface area contributed by atoms with Crippen LogP contribution in [-0.4, -0.2) is 5.11 Å². The first-order valence-electron chi connectivity index (χ1n) is 6.69. The van der Waals surface area contributed by atoms with Crippen LogP contribution in [-0.2, 0) is 5.60 Å². The standard InChI is InChI=1S/C18H22O/c1-12-6-13(2)9-16(8-12)18(5,19)17-10-14(3)7-15(4)11-17/h6-11,19H,1-5H3. The minimum atomic E-state index is -0.951. The van der Waals surface area contributed by atoms with Crippen LogP contribution in [0.15, 0.2) is 36.4 Å². The highest BCUT2D eigenvalue weighted by atomic mass is 16.3. The van der Waals surface area contributed by atoms with Gasteiger partial charge in [-0.15, -0.1) is 0 Å². The number of aliphatic hydroxyl groups is 1. The molecule has 0 radical (unpaired) electrons. The molecule has 0 aliphatic heterocycles. The molecule has 0 heterocycles. The molecular formula is C18H22O. The molecule has 1 N–H and O–H groups in total. The zero-order chi connectivity index (χ0) is 14.2.